The van der Waals surface area contributed by atoms with Crippen LogP contribution in [0, 0.1) is 24.1 Å². The predicted octanol–water partition coefficient (Wildman–Crippen LogP) is 2.43. The van der Waals surface area contributed by atoms with Gasteiger partial charge in [0.05, 0.1) is 11.6 Å². The highest BCUT2D eigenvalue weighted by Gasteiger charge is 2.21. The van der Waals surface area contributed by atoms with E-state index in [4.69, 9.17) is 5.26 Å². The second-order valence-corrected chi connectivity index (χ2v) is 5.17. The highest BCUT2D eigenvalue weighted by molar-refractivity contribution is 5.73. The summed E-state index contributed by atoms with van der Waals surface area (Å²) in [5.41, 5.74) is 1.51. The number of amides is 1. The van der Waals surface area contributed by atoms with E-state index in [0.29, 0.717) is 29.9 Å². The molecule has 0 aliphatic carbocycles. The van der Waals surface area contributed by atoms with Crippen LogP contribution >= 0.6 is 0 Å². The Balaban J connectivity index is 2.07. The Labute approximate surface area is 118 Å². The largest absolute Gasteiger partial charge is 0.382 e. The summed E-state index contributed by atoms with van der Waals surface area (Å²) < 4.78 is 13.7. The third-order valence-electron chi connectivity index (χ3n) is 3.77. The fraction of sp³-hybridized carbons (Fsp3) is 0.467. The summed E-state index contributed by atoms with van der Waals surface area (Å²) >= 11 is 0. The number of rotatable bonds is 2. The molecular weight excluding hydrogens is 257 g/mol. The zero-order valence-corrected chi connectivity index (χ0v) is 11.7. The minimum Gasteiger partial charge on any atom is -0.382 e. The molecular formula is C15H18FN3O. The molecule has 1 aromatic carbocycles. The van der Waals surface area contributed by atoms with Gasteiger partial charge in [0.2, 0.25) is 5.91 Å². The van der Waals surface area contributed by atoms with Gasteiger partial charge in [-0.15, -0.1) is 0 Å². The first-order valence-corrected chi connectivity index (χ1v) is 6.73. The third-order valence-corrected chi connectivity index (χ3v) is 3.77. The summed E-state index contributed by atoms with van der Waals surface area (Å²) in [6.45, 7) is 4.70. The molecule has 0 unspecified atom stereocenters. The van der Waals surface area contributed by atoms with Crippen molar-refractivity contribution < 1.29 is 9.18 Å². The molecule has 1 heterocycles. The number of benzene rings is 1. The standard InChI is InChI=1S/C15H18FN3O/c1-10-14(16)7-12(9-17)8-15(10)18-13-3-5-19(6-4-13)11(2)20/h7-8,13,18H,3-6H2,1-2H3. The van der Waals surface area contributed by atoms with Crippen molar-refractivity contribution in [2.75, 3.05) is 18.4 Å². The lowest BCUT2D eigenvalue weighted by molar-refractivity contribution is -0.129. The fourth-order valence-corrected chi connectivity index (χ4v) is 2.45. The Kier molecular flexibility index (Phi) is 4.23. The van der Waals surface area contributed by atoms with Gasteiger partial charge < -0.3 is 10.2 Å². The zero-order chi connectivity index (χ0) is 14.7. The maximum Gasteiger partial charge on any atom is 0.219 e. The molecule has 1 fully saturated rings. The van der Waals surface area contributed by atoms with E-state index in [0.717, 1.165) is 12.8 Å². The van der Waals surface area contributed by atoms with Gasteiger partial charge in [0.25, 0.3) is 0 Å². The number of nitriles is 1. The number of piperidine rings is 1. The van der Waals surface area contributed by atoms with Crippen LogP contribution in [0.2, 0.25) is 0 Å². The summed E-state index contributed by atoms with van der Waals surface area (Å²) in [7, 11) is 0. The molecule has 0 atom stereocenters. The molecule has 20 heavy (non-hydrogen) atoms. The molecule has 1 saturated heterocycles. The quantitative estimate of drug-likeness (QED) is 0.902. The van der Waals surface area contributed by atoms with Crippen LogP contribution in [0.1, 0.15) is 30.9 Å². The maximum absolute atomic E-state index is 13.7. The third kappa shape index (κ3) is 3.08. The normalized spacial score (nSPS) is 15.8. The molecule has 0 saturated carbocycles. The SMILES string of the molecule is CC(=O)N1CCC(Nc2cc(C#N)cc(F)c2C)CC1. The Morgan fingerprint density at radius 2 is 2.10 bits per heavy atom. The predicted molar refractivity (Wildman–Crippen MR) is 74.8 cm³/mol. The van der Waals surface area contributed by atoms with Crippen molar-refractivity contribution in [3.8, 4) is 6.07 Å². The van der Waals surface area contributed by atoms with Crippen LogP contribution in [0.3, 0.4) is 0 Å². The van der Waals surface area contributed by atoms with Gasteiger partial charge in [-0.3, -0.25) is 4.79 Å². The molecule has 1 aromatic rings. The minimum absolute atomic E-state index is 0.0946. The van der Waals surface area contributed by atoms with Gasteiger partial charge in [-0.2, -0.15) is 5.26 Å². The van der Waals surface area contributed by atoms with Crippen LogP contribution in [-0.4, -0.2) is 29.9 Å². The van der Waals surface area contributed by atoms with Crippen LogP contribution in [0.25, 0.3) is 0 Å². The van der Waals surface area contributed by atoms with Crippen LogP contribution in [0.5, 0.6) is 0 Å². The van der Waals surface area contributed by atoms with Crippen molar-refractivity contribution in [1.29, 1.82) is 5.26 Å². The van der Waals surface area contributed by atoms with Gasteiger partial charge >= 0.3 is 0 Å². The van der Waals surface area contributed by atoms with E-state index in [1.165, 1.54) is 6.07 Å². The van der Waals surface area contributed by atoms with E-state index >= 15 is 0 Å². The van der Waals surface area contributed by atoms with Gasteiger partial charge in [-0.1, -0.05) is 0 Å². The van der Waals surface area contributed by atoms with Crippen molar-refractivity contribution in [3.63, 3.8) is 0 Å². The van der Waals surface area contributed by atoms with E-state index in [2.05, 4.69) is 5.32 Å². The molecule has 106 valence electrons. The molecule has 0 radical (unpaired) electrons. The summed E-state index contributed by atoms with van der Waals surface area (Å²) in [6.07, 6.45) is 1.66. The Hall–Kier alpha value is -2.09. The number of nitrogens with one attached hydrogen (secondary N) is 1. The van der Waals surface area contributed by atoms with Crippen molar-refractivity contribution >= 4 is 11.6 Å². The smallest absolute Gasteiger partial charge is 0.219 e. The van der Waals surface area contributed by atoms with E-state index < -0.39 is 0 Å². The second-order valence-electron chi connectivity index (χ2n) is 5.17. The van der Waals surface area contributed by atoms with Crippen LogP contribution in [-0.2, 0) is 4.79 Å². The van der Waals surface area contributed by atoms with Crippen molar-refractivity contribution in [1.82, 2.24) is 4.90 Å². The molecule has 0 spiro atoms. The second kappa shape index (κ2) is 5.91. The fourth-order valence-electron chi connectivity index (χ4n) is 2.45. The Morgan fingerprint density at radius 1 is 1.45 bits per heavy atom. The average molecular weight is 275 g/mol. The zero-order valence-electron chi connectivity index (χ0n) is 11.7. The van der Waals surface area contributed by atoms with Crippen LogP contribution < -0.4 is 5.32 Å². The van der Waals surface area contributed by atoms with Gasteiger partial charge in [0, 0.05) is 37.3 Å². The Bertz CT molecular complexity index is 557. The van der Waals surface area contributed by atoms with E-state index in [-0.39, 0.29) is 17.8 Å². The van der Waals surface area contributed by atoms with Crippen molar-refractivity contribution in [2.45, 2.75) is 32.7 Å². The summed E-state index contributed by atoms with van der Waals surface area (Å²) in [4.78, 5) is 13.1. The lowest BCUT2D eigenvalue weighted by Gasteiger charge is -2.32. The molecule has 1 amide bonds. The van der Waals surface area contributed by atoms with Gasteiger partial charge in [-0.05, 0) is 31.9 Å². The van der Waals surface area contributed by atoms with Crippen LogP contribution in [0.4, 0.5) is 10.1 Å². The molecule has 4 nitrogen and oxygen atoms in total. The number of carbonyl (C=O) groups excluding carboxylic acids is 1. The number of anilines is 1. The van der Waals surface area contributed by atoms with Crippen molar-refractivity contribution in [3.05, 3.63) is 29.1 Å². The molecule has 1 aliphatic rings. The molecule has 0 aromatic heterocycles. The van der Waals surface area contributed by atoms with E-state index in [1.54, 1.807) is 19.9 Å². The summed E-state index contributed by atoms with van der Waals surface area (Å²) in [5, 5.41) is 12.2. The number of nitrogens with zero attached hydrogens (tertiary/aromatic N) is 2. The molecule has 2 rings (SSSR count). The molecule has 1 aliphatic heterocycles. The number of hydrogen-bond acceptors (Lipinski definition) is 3. The molecule has 1 N–H and O–H groups in total. The van der Waals surface area contributed by atoms with E-state index in [1.807, 2.05) is 11.0 Å². The highest BCUT2D eigenvalue weighted by atomic mass is 19.1. The topological polar surface area (TPSA) is 56.1 Å². The summed E-state index contributed by atoms with van der Waals surface area (Å²) in [5.74, 6) is -0.273. The summed E-state index contributed by atoms with van der Waals surface area (Å²) in [6, 6.07) is 5.09. The van der Waals surface area contributed by atoms with Gasteiger partial charge in [0.15, 0.2) is 0 Å². The first-order chi connectivity index (χ1) is 9.51. The van der Waals surface area contributed by atoms with Gasteiger partial charge in [0.1, 0.15) is 5.82 Å². The maximum atomic E-state index is 13.7. The van der Waals surface area contributed by atoms with Crippen molar-refractivity contribution in [2.24, 2.45) is 0 Å². The average Bonchev–Trinajstić information content (AvgIpc) is 2.44. The van der Waals surface area contributed by atoms with E-state index in [9.17, 15) is 9.18 Å². The first-order valence-electron chi connectivity index (χ1n) is 6.73. The molecule has 5 heteroatoms. The number of hydrogen-bond donors (Lipinski definition) is 1. The minimum atomic E-state index is -0.368. The molecule has 0 bridgehead atoms. The number of carbonyl (C=O) groups is 1. The monoisotopic (exact) mass is 275 g/mol. The number of likely N-dealkylation sites (tertiary alicyclic amines) is 1. The lowest BCUT2D eigenvalue weighted by Crippen LogP contribution is -2.41. The Morgan fingerprint density at radius 3 is 2.65 bits per heavy atom. The first kappa shape index (κ1) is 14.3. The lowest BCUT2D eigenvalue weighted by atomic mass is 10.0. The highest BCUT2D eigenvalue weighted by Crippen LogP contribution is 2.23. The number of halogens is 1. The van der Waals surface area contributed by atoms with Gasteiger partial charge in [-0.25, -0.2) is 4.39 Å². The van der Waals surface area contributed by atoms with Crippen LogP contribution in [0.15, 0.2) is 12.1 Å².